The molecule has 3 saturated heterocycles. The van der Waals surface area contributed by atoms with Crippen LogP contribution in [0.5, 0.6) is 0 Å². The number of hydrogen-bond donors (Lipinski definition) is 2. The van der Waals surface area contributed by atoms with Gasteiger partial charge in [0.25, 0.3) is 0 Å². The van der Waals surface area contributed by atoms with Crippen molar-refractivity contribution < 1.29 is 0 Å². The van der Waals surface area contributed by atoms with Gasteiger partial charge in [0.2, 0.25) is 0 Å². The van der Waals surface area contributed by atoms with E-state index in [1.165, 1.54) is 42.8 Å². The number of H-pyrrole nitrogens is 1. The van der Waals surface area contributed by atoms with E-state index in [0.29, 0.717) is 18.0 Å². The number of aromatic nitrogens is 1. The van der Waals surface area contributed by atoms with E-state index in [-0.39, 0.29) is 0 Å². The molecule has 3 aromatic rings. The van der Waals surface area contributed by atoms with Gasteiger partial charge in [-0.15, -0.1) is 0 Å². The quantitative estimate of drug-likeness (QED) is 0.673. The lowest BCUT2D eigenvalue weighted by Gasteiger charge is -2.54. The van der Waals surface area contributed by atoms with Gasteiger partial charge in [-0.2, -0.15) is 0 Å². The van der Waals surface area contributed by atoms with Crippen molar-refractivity contribution in [2.24, 2.45) is 5.92 Å². The lowest BCUT2D eigenvalue weighted by Crippen LogP contribution is -2.64. The molecular formula is C25H29N3. The van der Waals surface area contributed by atoms with Crippen LogP contribution in [-0.4, -0.2) is 35.1 Å². The third-order valence-electron chi connectivity index (χ3n) is 6.72. The van der Waals surface area contributed by atoms with Crippen molar-refractivity contribution in [2.45, 2.75) is 37.4 Å². The molecule has 1 aromatic heterocycles. The lowest BCUT2D eigenvalue weighted by molar-refractivity contribution is 0.00458. The first-order valence-electron chi connectivity index (χ1n) is 10.6. The number of rotatable bonds is 6. The summed E-state index contributed by atoms with van der Waals surface area (Å²) in [5.41, 5.74) is 4.13. The summed E-state index contributed by atoms with van der Waals surface area (Å²) in [4.78, 5) is 6.10. The number of benzene rings is 2. The number of aromatic amines is 1. The average molecular weight is 372 g/mol. The standard InChI is InChI=1S/C25H29N3/c1-3-8-19(9-4-1)23(20-10-5-2-6-11-20)25-24(21-13-16-28(25)17-14-21)27-18-22-12-7-15-26-22/h1-12,15,21,23-27H,13-14,16-18H2/t24-,25+/m1/s1. The Labute approximate surface area is 167 Å². The van der Waals surface area contributed by atoms with Crippen molar-refractivity contribution in [1.29, 1.82) is 0 Å². The number of nitrogens with zero attached hydrogens (tertiary/aromatic N) is 1. The highest BCUT2D eigenvalue weighted by Gasteiger charge is 2.46. The van der Waals surface area contributed by atoms with Crippen molar-refractivity contribution in [3.8, 4) is 0 Å². The van der Waals surface area contributed by atoms with Crippen LogP contribution >= 0.6 is 0 Å². The zero-order valence-corrected chi connectivity index (χ0v) is 16.3. The van der Waals surface area contributed by atoms with Crippen molar-refractivity contribution in [3.63, 3.8) is 0 Å². The first-order chi connectivity index (χ1) is 13.9. The highest BCUT2D eigenvalue weighted by atomic mass is 15.2. The topological polar surface area (TPSA) is 31.1 Å². The third-order valence-corrected chi connectivity index (χ3v) is 6.72. The van der Waals surface area contributed by atoms with E-state index >= 15 is 0 Å². The van der Waals surface area contributed by atoms with Gasteiger partial charge in [-0.1, -0.05) is 60.7 Å². The maximum atomic E-state index is 3.95. The van der Waals surface area contributed by atoms with Crippen molar-refractivity contribution in [3.05, 3.63) is 95.8 Å². The van der Waals surface area contributed by atoms with Gasteiger partial charge in [0, 0.05) is 36.4 Å². The fourth-order valence-corrected chi connectivity index (χ4v) is 5.40. The summed E-state index contributed by atoms with van der Waals surface area (Å²) >= 11 is 0. The zero-order chi connectivity index (χ0) is 18.8. The van der Waals surface area contributed by atoms with Gasteiger partial charge in [-0.3, -0.25) is 4.90 Å². The van der Waals surface area contributed by atoms with Gasteiger partial charge in [0.1, 0.15) is 0 Å². The van der Waals surface area contributed by atoms with Gasteiger partial charge < -0.3 is 10.3 Å². The molecule has 3 aliphatic heterocycles. The van der Waals surface area contributed by atoms with E-state index < -0.39 is 0 Å². The minimum absolute atomic E-state index is 0.395. The molecule has 144 valence electrons. The highest BCUT2D eigenvalue weighted by molar-refractivity contribution is 5.36. The second kappa shape index (κ2) is 7.94. The molecule has 3 heteroatoms. The average Bonchev–Trinajstić information content (AvgIpc) is 3.29. The summed E-state index contributed by atoms with van der Waals surface area (Å²) in [6.07, 6.45) is 4.64. The summed E-state index contributed by atoms with van der Waals surface area (Å²) in [6, 6.07) is 27.5. The molecule has 0 radical (unpaired) electrons. The zero-order valence-electron chi connectivity index (χ0n) is 16.3. The molecule has 2 N–H and O–H groups in total. The summed E-state index contributed by atoms with van der Waals surface area (Å²) < 4.78 is 0. The number of hydrogen-bond acceptors (Lipinski definition) is 2. The molecule has 0 spiro atoms. The van der Waals surface area contributed by atoms with Crippen LogP contribution in [-0.2, 0) is 6.54 Å². The van der Waals surface area contributed by atoms with E-state index in [9.17, 15) is 0 Å². The molecule has 0 saturated carbocycles. The fraction of sp³-hybridized carbons (Fsp3) is 0.360. The highest BCUT2D eigenvalue weighted by Crippen LogP contribution is 2.42. The van der Waals surface area contributed by atoms with Crippen LogP contribution in [0.25, 0.3) is 0 Å². The second-order valence-corrected chi connectivity index (χ2v) is 8.27. The van der Waals surface area contributed by atoms with Gasteiger partial charge in [-0.05, 0) is 55.1 Å². The molecule has 4 heterocycles. The molecule has 28 heavy (non-hydrogen) atoms. The van der Waals surface area contributed by atoms with Crippen molar-refractivity contribution in [2.75, 3.05) is 13.1 Å². The summed E-state index contributed by atoms with van der Waals surface area (Å²) in [6.45, 7) is 3.37. The molecule has 2 bridgehead atoms. The predicted molar refractivity (Wildman–Crippen MR) is 114 cm³/mol. The van der Waals surface area contributed by atoms with Crippen LogP contribution in [0.3, 0.4) is 0 Å². The maximum Gasteiger partial charge on any atom is 0.0361 e. The molecule has 3 nitrogen and oxygen atoms in total. The van der Waals surface area contributed by atoms with Gasteiger partial charge in [-0.25, -0.2) is 0 Å². The first-order valence-corrected chi connectivity index (χ1v) is 10.6. The Morgan fingerprint density at radius 1 is 0.857 bits per heavy atom. The molecule has 6 rings (SSSR count). The monoisotopic (exact) mass is 371 g/mol. The van der Waals surface area contributed by atoms with Gasteiger partial charge >= 0.3 is 0 Å². The minimum atomic E-state index is 0.395. The molecule has 3 fully saturated rings. The van der Waals surface area contributed by atoms with Crippen LogP contribution in [0.4, 0.5) is 0 Å². The Hall–Kier alpha value is -2.36. The van der Waals surface area contributed by atoms with Crippen molar-refractivity contribution >= 4 is 0 Å². The molecule has 2 aromatic carbocycles. The summed E-state index contributed by atoms with van der Waals surface area (Å²) in [7, 11) is 0. The van der Waals surface area contributed by atoms with Crippen LogP contribution < -0.4 is 5.32 Å². The van der Waals surface area contributed by atoms with Crippen LogP contribution in [0.2, 0.25) is 0 Å². The molecule has 0 aliphatic carbocycles. The molecule has 0 amide bonds. The maximum absolute atomic E-state index is 3.95. The normalized spacial score (nSPS) is 26.6. The lowest BCUT2D eigenvalue weighted by atomic mass is 9.70. The van der Waals surface area contributed by atoms with Crippen LogP contribution in [0.15, 0.2) is 79.0 Å². The molecule has 3 aliphatic rings. The van der Waals surface area contributed by atoms with Gasteiger partial charge in [0.15, 0.2) is 0 Å². The van der Waals surface area contributed by atoms with E-state index in [2.05, 4.69) is 88.0 Å². The second-order valence-electron chi connectivity index (χ2n) is 8.27. The van der Waals surface area contributed by atoms with E-state index in [1.54, 1.807) is 0 Å². The van der Waals surface area contributed by atoms with Gasteiger partial charge in [0.05, 0.1) is 0 Å². The van der Waals surface area contributed by atoms with E-state index in [4.69, 9.17) is 0 Å². The number of piperidine rings is 3. The predicted octanol–water partition coefficient (Wildman–Crippen LogP) is 4.40. The Morgan fingerprint density at radius 3 is 2.07 bits per heavy atom. The number of nitrogens with one attached hydrogen (secondary N) is 2. The first kappa shape index (κ1) is 17.7. The Morgan fingerprint density at radius 2 is 1.50 bits per heavy atom. The largest absolute Gasteiger partial charge is 0.364 e. The Kier molecular flexibility index (Phi) is 5.03. The van der Waals surface area contributed by atoms with E-state index in [0.717, 1.165) is 12.5 Å². The SMILES string of the molecule is c1ccc(C(c2ccccc2)[C@H]2[C@H](NCc3ccc[nH]3)C3CCN2CC3)cc1. The van der Waals surface area contributed by atoms with E-state index in [1.807, 2.05) is 6.20 Å². The summed E-state index contributed by atoms with van der Waals surface area (Å²) in [5.74, 6) is 1.16. The molecule has 2 atom stereocenters. The Bertz CT molecular complexity index is 812. The Balaban J connectivity index is 1.51. The van der Waals surface area contributed by atoms with Crippen LogP contribution in [0.1, 0.15) is 35.6 Å². The third kappa shape index (κ3) is 3.41. The number of fused-ring (bicyclic) bond motifs is 3. The van der Waals surface area contributed by atoms with Crippen molar-refractivity contribution in [1.82, 2.24) is 15.2 Å². The molecular weight excluding hydrogens is 342 g/mol. The fourth-order valence-electron chi connectivity index (χ4n) is 5.40. The van der Waals surface area contributed by atoms with Crippen LogP contribution in [0, 0.1) is 5.92 Å². The molecule has 0 unspecified atom stereocenters. The minimum Gasteiger partial charge on any atom is -0.364 e. The summed E-state index contributed by atoms with van der Waals surface area (Å²) in [5, 5.41) is 3.95. The smallest absolute Gasteiger partial charge is 0.0361 e.